The molecular formula is C40H62Cl2N2O6Si3. The molecule has 4 rings (SSSR count). The summed E-state index contributed by atoms with van der Waals surface area (Å²) in [6, 6.07) is 14.7. The molecule has 1 aliphatic rings. The van der Waals surface area contributed by atoms with Gasteiger partial charge in [-0.1, -0.05) is 110 Å². The van der Waals surface area contributed by atoms with Crippen LogP contribution in [0.3, 0.4) is 0 Å². The highest BCUT2D eigenvalue weighted by Gasteiger charge is 2.55. The highest BCUT2D eigenvalue weighted by atomic mass is 35.5. The molecule has 0 radical (unpaired) electrons. The molecule has 1 saturated heterocycles. The summed E-state index contributed by atoms with van der Waals surface area (Å²) in [6.45, 7) is 33.4. The topological polar surface area (TPSA) is 91.8 Å². The molecule has 1 N–H and O–H groups in total. The number of aromatic amines is 1. The minimum Gasteiger partial charge on any atom is -0.414 e. The average Bonchev–Trinajstić information content (AvgIpc) is 3.32. The van der Waals surface area contributed by atoms with E-state index in [9.17, 15) is 9.59 Å². The van der Waals surface area contributed by atoms with Gasteiger partial charge in [0.2, 0.25) is 0 Å². The summed E-state index contributed by atoms with van der Waals surface area (Å²) in [5.74, 6) is -0.543. The molecule has 8 nitrogen and oxygen atoms in total. The molecule has 4 atom stereocenters. The molecule has 13 heteroatoms. The predicted molar refractivity (Wildman–Crippen MR) is 226 cm³/mol. The summed E-state index contributed by atoms with van der Waals surface area (Å²) in [7, 11) is -7.13. The highest BCUT2D eigenvalue weighted by Crippen LogP contribution is 2.46. The van der Waals surface area contributed by atoms with Crippen molar-refractivity contribution in [3.63, 3.8) is 0 Å². The Kier molecular flexibility index (Phi) is 12.9. The Morgan fingerprint density at radius 1 is 0.698 bits per heavy atom. The first-order valence-electron chi connectivity index (χ1n) is 18.6. The Morgan fingerprint density at radius 2 is 1.11 bits per heavy atom. The van der Waals surface area contributed by atoms with Crippen LogP contribution in [-0.2, 0) is 18.0 Å². The van der Waals surface area contributed by atoms with Crippen molar-refractivity contribution in [1.29, 1.82) is 0 Å². The standard InChI is InChI=1S/C40H62Cl2N2O6Si3/c1-38(2,3)51(10,11)47-25-31-33(49-52(12,13)39(4,5)6)34(50-53(14,15)40(7,8)9)36(48-31)44-24-30(35(45)43-37(44)46)32(26-16-20-28(41)21-17-26)27-18-22-29(42)23-19-27/h16-24,31-34,36H,25H2,1-15H3,(H,43,45,46)/t31-,33-,34-,36-/m1/s1. The normalized spacial score (nSPS) is 20.7. The van der Waals surface area contributed by atoms with Gasteiger partial charge in [-0.15, -0.1) is 0 Å². The number of halogens is 2. The Balaban J connectivity index is 1.96. The summed E-state index contributed by atoms with van der Waals surface area (Å²) >= 11 is 12.6. The van der Waals surface area contributed by atoms with Crippen LogP contribution in [0.2, 0.25) is 64.4 Å². The number of nitrogens with one attached hydrogen (secondary N) is 1. The minimum atomic E-state index is -2.50. The molecule has 0 aliphatic carbocycles. The quantitative estimate of drug-likeness (QED) is 0.194. The number of benzene rings is 2. The maximum Gasteiger partial charge on any atom is 0.330 e. The van der Waals surface area contributed by atoms with Crippen molar-refractivity contribution in [2.24, 2.45) is 0 Å². The molecule has 1 fully saturated rings. The number of hydrogen-bond acceptors (Lipinski definition) is 6. The van der Waals surface area contributed by atoms with Crippen molar-refractivity contribution in [2.75, 3.05) is 6.61 Å². The van der Waals surface area contributed by atoms with Crippen LogP contribution in [-0.4, -0.2) is 59.4 Å². The predicted octanol–water partition coefficient (Wildman–Crippen LogP) is 10.7. The highest BCUT2D eigenvalue weighted by molar-refractivity contribution is 6.75. The maximum atomic E-state index is 14.1. The van der Waals surface area contributed by atoms with Gasteiger partial charge in [0.1, 0.15) is 18.3 Å². The second-order valence-electron chi connectivity index (χ2n) is 19.1. The molecule has 0 saturated carbocycles. The van der Waals surface area contributed by atoms with Gasteiger partial charge >= 0.3 is 5.69 Å². The van der Waals surface area contributed by atoms with Crippen LogP contribution in [0.1, 0.15) is 91.1 Å². The largest absolute Gasteiger partial charge is 0.414 e. The number of rotatable bonds is 11. The van der Waals surface area contributed by atoms with E-state index in [4.69, 9.17) is 41.2 Å². The lowest BCUT2D eigenvalue weighted by molar-refractivity contribution is -0.0511. The average molecular weight is 822 g/mol. The number of H-pyrrole nitrogens is 1. The van der Waals surface area contributed by atoms with Crippen LogP contribution in [0.5, 0.6) is 0 Å². The lowest BCUT2D eigenvalue weighted by Gasteiger charge is -2.44. The summed E-state index contributed by atoms with van der Waals surface area (Å²) in [4.78, 5) is 30.6. The third kappa shape index (κ3) is 9.78. The second kappa shape index (κ2) is 15.6. The molecule has 2 aromatic carbocycles. The Labute approximate surface area is 330 Å². The Morgan fingerprint density at radius 3 is 1.53 bits per heavy atom. The van der Waals surface area contributed by atoms with E-state index < -0.39 is 66.7 Å². The van der Waals surface area contributed by atoms with E-state index in [1.165, 1.54) is 4.57 Å². The van der Waals surface area contributed by atoms with E-state index in [0.29, 0.717) is 15.6 Å². The maximum absolute atomic E-state index is 14.1. The first-order chi connectivity index (χ1) is 24.1. The Bertz CT molecular complexity index is 1790. The lowest BCUT2D eigenvalue weighted by atomic mass is 9.86. The van der Waals surface area contributed by atoms with E-state index >= 15 is 0 Å². The van der Waals surface area contributed by atoms with Crippen molar-refractivity contribution >= 4 is 48.2 Å². The zero-order chi connectivity index (χ0) is 40.1. The van der Waals surface area contributed by atoms with E-state index in [1.54, 1.807) is 30.5 Å². The first-order valence-corrected chi connectivity index (χ1v) is 28.1. The number of aromatic nitrogens is 2. The van der Waals surface area contributed by atoms with Crippen LogP contribution in [0, 0.1) is 0 Å². The van der Waals surface area contributed by atoms with Crippen molar-refractivity contribution < 1.29 is 18.0 Å². The minimum absolute atomic E-state index is 0.0269. The van der Waals surface area contributed by atoms with Crippen LogP contribution in [0.25, 0.3) is 0 Å². The molecule has 0 spiro atoms. The SMILES string of the molecule is CC(C)(C)[Si](C)(C)OC[C@H]1O[C@@H](n2cc(C(c3ccc(Cl)cc3)c3ccc(Cl)cc3)c(=O)[nH]c2=O)[C@H](O[Si](C)(C)C(C)(C)C)[C@@H]1O[Si](C)(C)C(C)(C)C. The van der Waals surface area contributed by atoms with Gasteiger partial charge in [-0.25, -0.2) is 4.79 Å². The lowest BCUT2D eigenvalue weighted by Crippen LogP contribution is -2.55. The molecular weight excluding hydrogens is 760 g/mol. The molecule has 1 aliphatic heterocycles. The van der Waals surface area contributed by atoms with Gasteiger partial charge in [-0.05, 0) is 89.8 Å². The van der Waals surface area contributed by atoms with E-state index in [2.05, 4.69) is 107 Å². The van der Waals surface area contributed by atoms with Crippen molar-refractivity contribution in [3.8, 4) is 0 Å². The molecule has 53 heavy (non-hydrogen) atoms. The summed E-state index contributed by atoms with van der Waals surface area (Å²) in [5, 5.41) is 0.868. The summed E-state index contributed by atoms with van der Waals surface area (Å²) in [6.07, 6.45) is -1.01. The summed E-state index contributed by atoms with van der Waals surface area (Å²) < 4.78 is 29.9. The Hall–Kier alpha value is -1.81. The number of hydrogen-bond donors (Lipinski definition) is 1. The molecule has 2 heterocycles. The van der Waals surface area contributed by atoms with Crippen LogP contribution >= 0.6 is 23.2 Å². The zero-order valence-electron chi connectivity index (χ0n) is 34.4. The second-order valence-corrected chi connectivity index (χ2v) is 34.3. The fourth-order valence-electron chi connectivity index (χ4n) is 5.63. The van der Waals surface area contributed by atoms with Gasteiger partial charge in [0.05, 0.1) is 6.61 Å². The third-order valence-corrected chi connectivity index (χ3v) is 26.1. The fourth-order valence-corrected chi connectivity index (χ4v) is 9.50. The van der Waals surface area contributed by atoms with Gasteiger partial charge < -0.3 is 18.0 Å². The van der Waals surface area contributed by atoms with E-state index in [0.717, 1.165) is 11.1 Å². The van der Waals surface area contributed by atoms with Gasteiger partial charge in [0, 0.05) is 27.7 Å². The van der Waals surface area contributed by atoms with Crippen molar-refractivity contribution in [2.45, 2.75) is 147 Å². The molecule has 294 valence electrons. The summed E-state index contributed by atoms with van der Waals surface area (Å²) in [5.41, 5.74) is 0.942. The molecule has 0 bridgehead atoms. The van der Waals surface area contributed by atoms with Gasteiger partial charge in [-0.3, -0.25) is 14.3 Å². The smallest absolute Gasteiger partial charge is 0.330 e. The van der Waals surface area contributed by atoms with Crippen LogP contribution in [0.15, 0.2) is 64.3 Å². The monoisotopic (exact) mass is 820 g/mol. The van der Waals surface area contributed by atoms with E-state index in [-0.39, 0.29) is 21.7 Å². The van der Waals surface area contributed by atoms with Crippen LogP contribution < -0.4 is 11.2 Å². The first kappa shape index (κ1) is 43.9. The molecule has 3 aromatic rings. The van der Waals surface area contributed by atoms with Crippen molar-refractivity contribution in [3.05, 3.63) is 102 Å². The van der Waals surface area contributed by atoms with Crippen LogP contribution in [0.4, 0.5) is 0 Å². The third-order valence-electron chi connectivity index (χ3n) is 12.2. The van der Waals surface area contributed by atoms with Crippen molar-refractivity contribution in [1.82, 2.24) is 9.55 Å². The molecule has 0 amide bonds. The molecule has 1 aromatic heterocycles. The van der Waals surface area contributed by atoms with Gasteiger partial charge in [-0.2, -0.15) is 0 Å². The van der Waals surface area contributed by atoms with Gasteiger partial charge in [0.15, 0.2) is 31.2 Å². The zero-order valence-corrected chi connectivity index (χ0v) is 39.0. The number of nitrogens with zero attached hydrogens (tertiary/aromatic N) is 1. The van der Waals surface area contributed by atoms with Gasteiger partial charge in [0.25, 0.3) is 5.56 Å². The fraction of sp³-hybridized carbons (Fsp3) is 0.600. The van der Waals surface area contributed by atoms with E-state index in [1.807, 2.05) is 24.3 Å². The molecule has 0 unspecified atom stereocenters. The number of ether oxygens (including phenoxy) is 1.